The average Bonchev–Trinajstić information content (AvgIpc) is 2.94. The van der Waals surface area contributed by atoms with E-state index in [-0.39, 0.29) is 29.5 Å². The van der Waals surface area contributed by atoms with Gasteiger partial charge in [0.15, 0.2) is 0 Å². The SMILES string of the molecule is CCCNC(=O)C(CC)N(Cc1c(Cl)cccc1Cl)C(=O)CN(c1cccc(Cl)c1C)S(=O)(=O)c1ccccc1. The Labute approximate surface area is 251 Å². The summed E-state index contributed by atoms with van der Waals surface area (Å²) >= 11 is 19.2. The molecule has 0 spiro atoms. The molecule has 0 saturated carbocycles. The molecule has 214 valence electrons. The van der Waals surface area contributed by atoms with Crippen molar-refractivity contribution < 1.29 is 18.0 Å². The van der Waals surface area contributed by atoms with Gasteiger partial charge in [-0.1, -0.05) is 79.0 Å². The molecule has 11 heteroatoms. The normalized spacial score (nSPS) is 12.1. The molecule has 0 saturated heterocycles. The highest BCUT2D eigenvalue weighted by atomic mass is 35.5. The minimum atomic E-state index is -4.20. The molecule has 3 aromatic rings. The van der Waals surface area contributed by atoms with Gasteiger partial charge in [0, 0.05) is 33.7 Å². The lowest BCUT2D eigenvalue weighted by Gasteiger charge is -2.34. The van der Waals surface area contributed by atoms with E-state index >= 15 is 0 Å². The molecule has 0 fully saturated rings. The van der Waals surface area contributed by atoms with Crippen molar-refractivity contribution in [1.82, 2.24) is 10.2 Å². The summed E-state index contributed by atoms with van der Waals surface area (Å²) in [5.74, 6) is -0.953. The highest BCUT2D eigenvalue weighted by molar-refractivity contribution is 7.92. The molecular formula is C29H32Cl3N3O4S. The van der Waals surface area contributed by atoms with Crippen LogP contribution in [0.15, 0.2) is 71.6 Å². The number of carbonyl (C=O) groups excluding carboxylic acids is 2. The highest BCUT2D eigenvalue weighted by Crippen LogP contribution is 2.32. The van der Waals surface area contributed by atoms with Crippen LogP contribution in [0.2, 0.25) is 15.1 Å². The predicted molar refractivity (Wildman–Crippen MR) is 162 cm³/mol. The lowest BCUT2D eigenvalue weighted by molar-refractivity contribution is -0.140. The molecule has 40 heavy (non-hydrogen) atoms. The second-order valence-electron chi connectivity index (χ2n) is 9.15. The van der Waals surface area contributed by atoms with Gasteiger partial charge >= 0.3 is 0 Å². The molecular weight excluding hydrogens is 593 g/mol. The van der Waals surface area contributed by atoms with Crippen molar-refractivity contribution in [1.29, 1.82) is 0 Å². The van der Waals surface area contributed by atoms with Crippen molar-refractivity contribution in [2.75, 3.05) is 17.4 Å². The van der Waals surface area contributed by atoms with E-state index in [1.807, 2.05) is 6.92 Å². The predicted octanol–water partition coefficient (Wildman–Crippen LogP) is 6.48. The largest absolute Gasteiger partial charge is 0.354 e. The highest BCUT2D eigenvalue weighted by Gasteiger charge is 2.34. The molecule has 1 unspecified atom stereocenters. The van der Waals surface area contributed by atoms with Gasteiger partial charge < -0.3 is 10.2 Å². The Morgan fingerprint density at radius 3 is 2.08 bits per heavy atom. The maximum Gasteiger partial charge on any atom is 0.264 e. The zero-order chi connectivity index (χ0) is 29.4. The Morgan fingerprint density at radius 1 is 0.875 bits per heavy atom. The van der Waals surface area contributed by atoms with Crippen molar-refractivity contribution in [2.24, 2.45) is 0 Å². The van der Waals surface area contributed by atoms with Crippen molar-refractivity contribution >= 4 is 62.3 Å². The van der Waals surface area contributed by atoms with Crippen molar-refractivity contribution in [3.63, 3.8) is 0 Å². The van der Waals surface area contributed by atoms with E-state index in [4.69, 9.17) is 34.8 Å². The second-order valence-corrected chi connectivity index (χ2v) is 12.2. The molecule has 0 aliphatic heterocycles. The van der Waals surface area contributed by atoms with Crippen LogP contribution >= 0.6 is 34.8 Å². The summed E-state index contributed by atoms with van der Waals surface area (Å²) in [5, 5.41) is 3.85. The van der Waals surface area contributed by atoms with E-state index in [9.17, 15) is 18.0 Å². The first-order valence-corrected chi connectivity index (χ1v) is 15.4. The van der Waals surface area contributed by atoms with Gasteiger partial charge in [-0.05, 0) is 61.7 Å². The molecule has 7 nitrogen and oxygen atoms in total. The molecule has 0 radical (unpaired) electrons. The lowest BCUT2D eigenvalue weighted by atomic mass is 10.1. The van der Waals surface area contributed by atoms with Crippen LogP contribution in [0.4, 0.5) is 5.69 Å². The Morgan fingerprint density at radius 2 is 1.48 bits per heavy atom. The molecule has 2 amide bonds. The maximum absolute atomic E-state index is 14.1. The van der Waals surface area contributed by atoms with Gasteiger partial charge in [-0.25, -0.2) is 8.42 Å². The summed E-state index contributed by atoms with van der Waals surface area (Å²) < 4.78 is 28.9. The Balaban J connectivity index is 2.12. The molecule has 3 aromatic carbocycles. The van der Waals surface area contributed by atoms with Gasteiger partial charge in [-0.3, -0.25) is 13.9 Å². The van der Waals surface area contributed by atoms with Crippen LogP contribution in [0, 0.1) is 6.92 Å². The molecule has 0 heterocycles. The number of nitrogens with zero attached hydrogens (tertiary/aromatic N) is 2. The van der Waals surface area contributed by atoms with Gasteiger partial charge in [-0.15, -0.1) is 0 Å². The topological polar surface area (TPSA) is 86.8 Å². The van der Waals surface area contributed by atoms with Gasteiger partial charge in [0.05, 0.1) is 10.6 Å². The maximum atomic E-state index is 14.1. The summed E-state index contributed by atoms with van der Waals surface area (Å²) in [6.07, 6.45) is 0.995. The lowest BCUT2D eigenvalue weighted by Crippen LogP contribution is -2.52. The molecule has 0 aliphatic rings. The van der Waals surface area contributed by atoms with E-state index in [0.717, 1.165) is 4.31 Å². The van der Waals surface area contributed by atoms with Crippen molar-refractivity contribution in [3.8, 4) is 0 Å². The Bertz CT molecular complexity index is 1430. The number of nitrogens with one attached hydrogen (secondary N) is 1. The molecule has 0 bridgehead atoms. The van der Waals surface area contributed by atoms with E-state index in [2.05, 4.69) is 5.32 Å². The van der Waals surface area contributed by atoms with Gasteiger partial charge in [0.1, 0.15) is 12.6 Å². The Hall–Kier alpha value is -2.78. The third-order valence-corrected chi connectivity index (χ3v) is 9.33. The van der Waals surface area contributed by atoms with Gasteiger partial charge in [-0.2, -0.15) is 0 Å². The number of hydrogen-bond donors (Lipinski definition) is 1. The van der Waals surface area contributed by atoms with Crippen LogP contribution in [0.3, 0.4) is 0 Å². The number of anilines is 1. The number of carbonyl (C=O) groups is 2. The molecule has 0 aliphatic carbocycles. The number of benzene rings is 3. The van der Waals surface area contributed by atoms with Crippen LogP contribution in [0.1, 0.15) is 37.8 Å². The molecule has 0 aromatic heterocycles. The quantitative estimate of drug-likeness (QED) is 0.250. The fourth-order valence-electron chi connectivity index (χ4n) is 4.24. The van der Waals surface area contributed by atoms with Crippen LogP contribution in [-0.2, 0) is 26.2 Å². The van der Waals surface area contributed by atoms with Crippen LogP contribution in [-0.4, -0.2) is 44.3 Å². The van der Waals surface area contributed by atoms with E-state index in [1.54, 1.807) is 68.4 Å². The molecule has 1 N–H and O–H groups in total. The summed E-state index contributed by atoms with van der Waals surface area (Å²) in [4.78, 5) is 28.7. The van der Waals surface area contributed by atoms with Crippen molar-refractivity contribution in [2.45, 2.75) is 51.1 Å². The minimum absolute atomic E-state index is 0.00982. The molecule has 1 atom stereocenters. The smallest absolute Gasteiger partial charge is 0.264 e. The number of halogens is 3. The monoisotopic (exact) mass is 623 g/mol. The number of hydrogen-bond acceptors (Lipinski definition) is 4. The standard InChI is InChI=1S/C29H32Cl3N3O4S/c1-4-17-33-29(37)26(5-2)34(18-22-24(31)14-9-15-25(22)32)28(36)19-35(27-16-10-13-23(30)20(27)3)40(38,39)21-11-7-6-8-12-21/h6-16,26H,4-5,17-19H2,1-3H3,(H,33,37). The fourth-order valence-corrected chi connectivity index (χ4v) is 6.42. The third kappa shape index (κ3) is 7.29. The number of amides is 2. The molecule has 3 rings (SSSR count). The summed E-state index contributed by atoms with van der Waals surface area (Å²) in [6.45, 7) is 5.14. The van der Waals surface area contributed by atoms with Gasteiger partial charge in [0.2, 0.25) is 11.8 Å². The third-order valence-electron chi connectivity index (χ3n) is 6.44. The zero-order valence-electron chi connectivity index (χ0n) is 22.5. The fraction of sp³-hybridized carbons (Fsp3) is 0.310. The van der Waals surface area contributed by atoms with E-state index in [1.165, 1.54) is 17.0 Å². The van der Waals surface area contributed by atoms with E-state index in [0.29, 0.717) is 39.2 Å². The first-order valence-electron chi connectivity index (χ1n) is 12.9. The summed E-state index contributed by atoms with van der Waals surface area (Å²) in [5.41, 5.74) is 1.20. The zero-order valence-corrected chi connectivity index (χ0v) is 25.6. The first-order chi connectivity index (χ1) is 19.0. The Kier molecular flexibility index (Phi) is 11.3. The van der Waals surface area contributed by atoms with E-state index < -0.39 is 28.5 Å². The summed E-state index contributed by atoms with van der Waals surface area (Å²) in [6, 6.07) is 16.8. The van der Waals surface area contributed by atoms with Crippen LogP contribution in [0.5, 0.6) is 0 Å². The minimum Gasteiger partial charge on any atom is -0.354 e. The number of sulfonamides is 1. The summed E-state index contributed by atoms with van der Waals surface area (Å²) in [7, 11) is -4.20. The van der Waals surface area contributed by atoms with Crippen LogP contribution in [0.25, 0.3) is 0 Å². The first kappa shape index (κ1) is 31.7. The van der Waals surface area contributed by atoms with Gasteiger partial charge in [0.25, 0.3) is 10.0 Å². The number of rotatable bonds is 12. The van der Waals surface area contributed by atoms with Crippen LogP contribution < -0.4 is 9.62 Å². The second kappa shape index (κ2) is 14.2. The average molecular weight is 625 g/mol. The van der Waals surface area contributed by atoms with Crippen molar-refractivity contribution in [3.05, 3.63) is 92.9 Å².